The number of benzene rings is 3. The summed E-state index contributed by atoms with van der Waals surface area (Å²) < 4.78 is 18.7. The average molecular weight is 431 g/mol. The lowest BCUT2D eigenvalue weighted by atomic mass is 9.95. The van der Waals surface area contributed by atoms with Crippen LogP contribution in [0.1, 0.15) is 29.7 Å². The molecule has 1 amide bonds. The Labute approximate surface area is 185 Å². The van der Waals surface area contributed by atoms with E-state index < -0.39 is 23.5 Å². The van der Waals surface area contributed by atoms with E-state index in [-0.39, 0.29) is 16.9 Å². The van der Waals surface area contributed by atoms with Gasteiger partial charge >= 0.3 is 0 Å². The molecule has 1 atom stereocenters. The second-order valence-electron chi connectivity index (χ2n) is 7.47. The molecule has 162 valence electrons. The van der Waals surface area contributed by atoms with Gasteiger partial charge in [-0.15, -0.1) is 0 Å². The van der Waals surface area contributed by atoms with Crippen LogP contribution in [0, 0.1) is 5.82 Å². The smallest absolute Gasteiger partial charge is 0.300 e. The number of hydrogen-bond acceptors (Lipinski definition) is 4. The number of carbonyl (C=O) groups is 2. The third-order valence-corrected chi connectivity index (χ3v) is 5.59. The van der Waals surface area contributed by atoms with E-state index in [9.17, 15) is 19.1 Å². The molecular formula is C26H22FNO4. The lowest BCUT2D eigenvalue weighted by molar-refractivity contribution is -0.132. The fraction of sp³-hybridized carbons (Fsp3) is 0.154. The number of nitrogens with zero attached hydrogens (tertiary/aromatic N) is 1. The fourth-order valence-electron chi connectivity index (χ4n) is 3.88. The Hall–Kier alpha value is -3.93. The van der Waals surface area contributed by atoms with Gasteiger partial charge in [0.2, 0.25) is 0 Å². The van der Waals surface area contributed by atoms with Crippen LogP contribution in [0.25, 0.3) is 5.76 Å². The normalized spacial score (nSPS) is 17.6. The van der Waals surface area contributed by atoms with E-state index in [0.717, 1.165) is 12.0 Å². The lowest BCUT2D eigenvalue weighted by Crippen LogP contribution is -2.29. The minimum Gasteiger partial charge on any atom is -0.507 e. The summed E-state index contributed by atoms with van der Waals surface area (Å²) in [5.41, 5.74) is 2.42. The molecule has 1 heterocycles. The number of aliphatic hydroxyl groups is 1. The van der Waals surface area contributed by atoms with Crippen molar-refractivity contribution >= 4 is 23.1 Å². The minimum absolute atomic E-state index is 0.0607. The summed E-state index contributed by atoms with van der Waals surface area (Å²) in [6.07, 6.45) is 0.836. The number of carbonyl (C=O) groups excluding carboxylic acids is 2. The zero-order valence-electron chi connectivity index (χ0n) is 17.7. The Balaban J connectivity index is 1.93. The van der Waals surface area contributed by atoms with Crippen LogP contribution in [0.2, 0.25) is 0 Å². The van der Waals surface area contributed by atoms with Crippen LogP contribution < -0.4 is 9.64 Å². The highest BCUT2D eigenvalue weighted by atomic mass is 19.1. The number of halogens is 1. The predicted molar refractivity (Wildman–Crippen MR) is 120 cm³/mol. The maximum Gasteiger partial charge on any atom is 0.300 e. The third kappa shape index (κ3) is 3.75. The Morgan fingerprint density at radius 2 is 1.72 bits per heavy atom. The molecule has 32 heavy (non-hydrogen) atoms. The largest absolute Gasteiger partial charge is 0.507 e. The quantitative estimate of drug-likeness (QED) is 0.350. The number of ether oxygens (including phenoxy) is 1. The van der Waals surface area contributed by atoms with E-state index >= 15 is 0 Å². The van der Waals surface area contributed by atoms with Crippen LogP contribution in [-0.2, 0) is 16.0 Å². The molecule has 1 fully saturated rings. The number of hydrogen-bond donors (Lipinski definition) is 1. The highest BCUT2D eigenvalue weighted by Crippen LogP contribution is 2.42. The first-order valence-electron chi connectivity index (χ1n) is 10.2. The summed E-state index contributed by atoms with van der Waals surface area (Å²) in [5, 5.41) is 11.0. The van der Waals surface area contributed by atoms with Gasteiger partial charge in [-0.3, -0.25) is 14.5 Å². The lowest BCUT2D eigenvalue weighted by Gasteiger charge is -2.26. The number of aliphatic hydroxyl groups excluding tert-OH is 1. The molecule has 1 saturated heterocycles. The number of amides is 1. The molecule has 3 aromatic carbocycles. The molecule has 1 aliphatic heterocycles. The zero-order valence-corrected chi connectivity index (χ0v) is 17.7. The predicted octanol–water partition coefficient (Wildman–Crippen LogP) is 5.02. The first kappa shape index (κ1) is 21.3. The summed E-state index contributed by atoms with van der Waals surface area (Å²) in [5.74, 6) is -1.83. The number of Topliss-reactive ketones (excluding diaryl/α,β-unsaturated/α-hetero) is 1. The number of ketones is 1. The highest BCUT2D eigenvalue weighted by Gasteiger charge is 2.47. The van der Waals surface area contributed by atoms with Gasteiger partial charge in [0.05, 0.1) is 18.7 Å². The summed E-state index contributed by atoms with van der Waals surface area (Å²) in [4.78, 5) is 27.6. The van der Waals surface area contributed by atoms with Gasteiger partial charge in [-0.2, -0.15) is 0 Å². The van der Waals surface area contributed by atoms with Crippen LogP contribution in [-0.4, -0.2) is 23.9 Å². The van der Waals surface area contributed by atoms with Crippen molar-refractivity contribution in [2.24, 2.45) is 0 Å². The molecule has 6 heteroatoms. The third-order valence-electron chi connectivity index (χ3n) is 5.59. The molecule has 5 nitrogen and oxygen atoms in total. The number of aryl methyl sites for hydroxylation is 1. The Kier molecular flexibility index (Phi) is 5.77. The van der Waals surface area contributed by atoms with Crippen molar-refractivity contribution < 1.29 is 23.8 Å². The first-order chi connectivity index (χ1) is 15.4. The van der Waals surface area contributed by atoms with Crippen molar-refractivity contribution in [3.8, 4) is 5.75 Å². The molecule has 1 aliphatic rings. The zero-order chi connectivity index (χ0) is 22.8. The van der Waals surface area contributed by atoms with Crippen molar-refractivity contribution in [1.29, 1.82) is 0 Å². The van der Waals surface area contributed by atoms with Crippen LogP contribution in [0.4, 0.5) is 10.1 Å². The summed E-state index contributed by atoms with van der Waals surface area (Å²) in [7, 11) is 1.53. The summed E-state index contributed by atoms with van der Waals surface area (Å²) >= 11 is 0. The molecule has 0 aromatic heterocycles. The minimum atomic E-state index is -0.873. The van der Waals surface area contributed by atoms with Crippen molar-refractivity contribution in [3.63, 3.8) is 0 Å². The molecule has 0 aliphatic carbocycles. The van der Waals surface area contributed by atoms with Crippen molar-refractivity contribution in [2.75, 3.05) is 12.0 Å². The fourth-order valence-corrected chi connectivity index (χ4v) is 3.88. The standard InChI is InChI=1S/C26H22FNO4/c1-3-16-7-13-20(14-8-16)28-23(18-5-4-6-21(15-18)32-2)22(25(30)26(28)31)24(29)17-9-11-19(27)12-10-17/h4-15,23,29H,3H2,1-2H3/b24-22-. The van der Waals surface area contributed by atoms with E-state index in [2.05, 4.69) is 0 Å². The van der Waals surface area contributed by atoms with Gasteiger partial charge in [0.25, 0.3) is 11.7 Å². The van der Waals surface area contributed by atoms with Crippen molar-refractivity contribution in [2.45, 2.75) is 19.4 Å². The van der Waals surface area contributed by atoms with Gasteiger partial charge in [0.1, 0.15) is 17.3 Å². The van der Waals surface area contributed by atoms with Gasteiger partial charge < -0.3 is 9.84 Å². The molecule has 1 unspecified atom stereocenters. The number of rotatable bonds is 5. The second kappa shape index (κ2) is 8.67. The van der Waals surface area contributed by atoms with Gasteiger partial charge in [-0.05, 0) is 66.1 Å². The molecule has 1 N–H and O–H groups in total. The van der Waals surface area contributed by atoms with Crippen LogP contribution in [0.15, 0.2) is 78.4 Å². The highest BCUT2D eigenvalue weighted by molar-refractivity contribution is 6.51. The first-order valence-corrected chi connectivity index (χ1v) is 10.2. The van der Waals surface area contributed by atoms with Gasteiger partial charge in [0.15, 0.2) is 0 Å². The maximum absolute atomic E-state index is 13.4. The van der Waals surface area contributed by atoms with Gasteiger partial charge in [-0.1, -0.05) is 31.2 Å². The van der Waals surface area contributed by atoms with Crippen molar-refractivity contribution in [1.82, 2.24) is 0 Å². The molecule has 3 aromatic rings. The monoisotopic (exact) mass is 431 g/mol. The summed E-state index contributed by atoms with van der Waals surface area (Å²) in [6, 6.07) is 18.6. The van der Waals surface area contributed by atoms with Crippen LogP contribution in [0.3, 0.4) is 0 Å². The van der Waals surface area contributed by atoms with E-state index in [1.165, 1.54) is 36.3 Å². The summed E-state index contributed by atoms with van der Waals surface area (Å²) in [6.45, 7) is 2.03. The van der Waals surface area contributed by atoms with E-state index in [1.54, 1.807) is 36.4 Å². The van der Waals surface area contributed by atoms with E-state index in [4.69, 9.17) is 4.74 Å². The Morgan fingerprint density at radius 3 is 2.34 bits per heavy atom. The molecule has 0 saturated carbocycles. The molecule has 0 bridgehead atoms. The van der Waals surface area contributed by atoms with Crippen LogP contribution in [0.5, 0.6) is 5.75 Å². The number of methoxy groups -OCH3 is 1. The van der Waals surface area contributed by atoms with Gasteiger partial charge in [0, 0.05) is 11.3 Å². The SMILES string of the molecule is CCc1ccc(N2C(=O)C(=O)/C(=C(\O)c3ccc(F)cc3)C2c2cccc(OC)c2)cc1. The number of anilines is 1. The average Bonchev–Trinajstić information content (AvgIpc) is 3.09. The molecule has 4 rings (SSSR count). The van der Waals surface area contributed by atoms with E-state index in [1.807, 2.05) is 19.1 Å². The Bertz CT molecular complexity index is 1200. The molecular weight excluding hydrogens is 409 g/mol. The topological polar surface area (TPSA) is 66.8 Å². The maximum atomic E-state index is 13.4. The van der Waals surface area contributed by atoms with E-state index in [0.29, 0.717) is 17.0 Å². The van der Waals surface area contributed by atoms with Gasteiger partial charge in [-0.25, -0.2) is 4.39 Å². The molecule has 0 spiro atoms. The molecule has 0 radical (unpaired) electrons. The second-order valence-corrected chi connectivity index (χ2v) is 7.47. The van der Waals surface area contributed by atoms with Crippen LogP contribution >= 0.6 is 0 Å². The van der Waals surface area contributed by atoms with Crippen molar-refractivity contribution in [3.05, 3.63) is 101 Å². The Morgan fingerprint density at radius 1 is 1.03 bits per heavy atom.